The van der Waals surface area contributed by atoms with Crippen molar-refractivity contribution in [3.05, 3.63) is 0 Å². The van der Waals surface area contributed by atoms with Crippen molar-refractivity contribution in [2.24, 2.45) is 5.73 Å². The van der Waals surface area contributed by atoms with E-state index >= 15 is 0 Å². The summed E-state index contributed by atoms with van der Waals surface area (Å²) in [6.07, 6.45) is 0.202. The SMILES string of the molecule is CO[Si](CCOC(C)C)(OC)OCN. The monoisotopic (exact) mass is 223 g/mol. The molecule has 0 aromatic rings. The predicted molar refractivity (Wildman–Crippen MR) is 55.8 cm³/mol. The zero-order chi connectivity index (χ0) is 11.0. The number of hydrogen-bond donors (Lipinski definition) is 1. The van der Waals surface area contributed by atoms with Gasteiger partial charge in [-0.25, -0.2) is 0 Å². The highest BCUT2D eigenvalue weighted by molar-refractivity contribution is 6.60. The Kier molecular flexibility index (Phi) is 7.34. The second kappa shape index (κ2) is 7.33. The summed E-state index contributed by atoms with van der Waals surface area (Å²) >= 11 is 0. The quantitative estimate of drug-likeness (QED) is 0.481. The zero-order valence-corrected chi connectivity index (χ0v) is 10.4. The first-order valence-electron chi connectivity index (χ1n) is 4.66. The van der Waals surface area contributed by atoms with E-state index < -0.39 is 8.80 Å². The van der Waals surface area contributed by atoms with Crippen LogP contribution in [0.25, 0.3) is 0 Å². The van der Waals surface area contributed by atoms with Crippen LogP contribution < -0.4 is 5.73 Å². The molecular formula is C8H21NO4Si. The summed E-state index contributed by atoms with van der Waals surface area (Å²) < 4.78 is 21.2. The van der Waals surface area contributed by atoms with Gasteiger partial charge in [0.25, 0.3) is 0 Å². The normalized spacial score (nSPS) is 12.4. The van der Waals surface area contributed by atoms with Crippen LogP contribution in [-0.4, -0.2) is 42.5 Å². The van der Waals surface area contributed by atoms with Crippen molar-refractivity contribution in [3.63, 3.8) is 0 Å². The van der Waals surface area contributed by atoms with Gasteiger partial charge in [0.1, 0.15) is 0 Å². The van der Waals surface area contributed by atoms with E-state index in [2.05, 4.69) is 0 Å². The molecule has 0 bridgehead atoms. The second-order valence-corrected chi connectivity index (χ2v) is 6.04. The Morgan fingerprint density at radius 1 is 1.21 bits per heavy atom. The summed E-state index contributed by atoms with van der Waals surface area (Å²) in [5.41, 5.74) is 5.31. The van der Waals surface area contributed by atoms with E-state index in [-0.39, 0.29) is 12.8 Å². The van der Waals surface area contributed by atoms with Crippen LogP contribution in [-0.2, 0) is 18.0 Å². The highest BCUT2D eigenvalue weighted by Gasteiger charge is 2.38. The van der Waals surface area contributed by atoms with E-state index in [1.807, 2.05) is 13.8 Å². The van der Waals surface area contributed by atoms with Gasteiger partial charge in [-0.15, -0.1) is 0 Å². The first kappa shape index (κ1) is 14.0. The van der Waals surface area contributed by atoms with Gasteiger partial charge in [-0.1, -0.05) is 0 Å². The van der Waals surface area contributed by atoms with Gasteiger partial charge in [0.2, 0.25) is 0 Å². The van der Waals surface area contributed by atoms with Gasteiger partial charge in [0.05, 0.1) is 19.4 Å². The van der Waals surface area contributed by atoms with Crippen molar-refractivity contribution in [3.8, 4) is 0 Å². The molecule has 0 fully saturated rings. The van der Waals surface area contributed by atoms with Crippen LogP contribution in [0.3, 0.4) is 0 Å². The molecule has 0 atom stereocenters. The van der Waals surface area contributed by atoms with Crippen LogP contribution in [0.5, 0.6) is 0 Å². The molecule has 0 radical (unpaired) electrons. The Bertz CT molecular complexity index is 141. The summed E-state index contributed by atoms with van der Waals surface area (Å²) in [7, 11) is 0.580. The molecule has 86 valence electrons. The highest BCUT2D eigenvalue weighted by atomic mass is 28.4. The van der Waals surface area contributed by atoms with Gasteiger partial charge in [-0.3, -0.25) is 0 Å². The maximum Gasteiger partial charge on any atom is 0.503 e. The first-order chi connectivity index (χ1) is 6.60. The molecule has 0 unspecified atom stereocenters. The van der Waals surface area contributed by atoms with Crippen molar-refractivity contribution in [1.82, 2.24) is 0 Å². The number of hydrogen-bond acceptors (Lipinski definition) is 5. The van der Waals surface area contributed by atoms with Crippen molar-refractivity contribution < 1.29 is 18.0 Å². The molecule has 0 aliphatic rings. The Morgan fingerprint density at radius 3 is 2.14 bits per heavy atom. The van der Waals surface area contributed by atoms with Crippen LogP contribution in [0.2, 0.25) is 6.04 Å². The largest absolute Gasteiger partial charge is 0.503 e. The van der Waals surface area contributed by atoms with Crippen LogP contribution >= 0.6 is 0 Å². The Morgan fingerprint density at radius 2 is 1.79 bits per heavy atom. The molecule has 0 aliphatic carbocycles. The molecule has 0 saturated heterocycles. The lowest BCUT2D eigenvalue weighted by atomic mass is 10.5. The van der Waals surface area contributed by atoms with Gasteiger partial charge >= 0.3 is 8.80 Å². The second-order valence-electron chi connectivity index (χ2n) is 3.07. The lowest BCUT2D eigenvalue weighted by Gasteiger charge is -2.25. The molecule has 0 spiro atoms. The van der Waals surface area contributed by atoms with Crippen LogP contribution in [0.15, 0.2) is 0 Å². The molecule has 5 nitrogen and oxygen atoms in total. The van der Waals surface area contributed by atoms with Crippen molar-refractivity contribution >= 4 is 8.80 Å². The van der Waals surface area contributed by atoms with Gasteiger partial charge in [-0.05, 0) is 13.8 Å². The smallest absolute Gasteiger partial charge is 0.379 e. The number of ether oxygens (including phenoxy) is 1. The average Bonchev–Trinajstić information content (AvgIpc) is 2.16. The van der Waals surface area contributed by atoms with Gasteiger partial charge in [0, 0.05) is 20.3 Å². The molecule has 0 aromatic heterocycles. The van der Waals surface area contributed by atoms with E-state index in [9.17, 15) is 0 Å². The van der Waals surface area contributed by atoms with E-state index in [0.29, 0.717) is 12.7 Å². The zero-order valence-electron chi connectivity index (χ0n) is 9.41. The fraction of sp³-hybridized carbons (Fsp3) is 1.00. The number of rotatable bonds is 8. The molecular weight excluding hydrogens is 202 g/mol. The summed E-state index contributed by atoms with van der Waals surface area (Å²) in [6.45, 7) is 4.63. The minimum absolute atomic E-state index is 0.107. The van der Waals surface area contributed by atoms with Gasteiger partial charge in [-0.2, -0.15) is 0 Å². The maximum atomic E-state index is 5.40. The lowest BCUT2D eigenvalue weighted by molar-refractivity contribution is 0.0596. The van der Waals surface area contributed by atoms with Crippen LogP contribution in [0.4, 0.5) is 0 Å². The lowest BCUT2D eigenvalue weighted by Crippen LogP contribution is -2.46. The summed E-state index contributed by atoms with van der Waals surface area (Å²) in [4.78, 5) is 0. The van der Waals surface area contributed by atoms with E-state index in [4.69, 9.17) is 23.7 Å². The van der Waals surface area contributed by atoms with Crippen molar-refractivity contribution in [1.29, 1.82) is 0 Å². The molecule has 0 amide bonds. The van der Waals surface area contributed by atoms with E-state index in [0.717, 1.165) is 0 Å². The summed E-state index contributed by atoms with van der Waals surface area (Å²) in [5.74, 6) is 0. The fourth-order valence-electron chi connectivity index (χ4n) is 1.02. The molecule has 0 aliphatic heterocycles. The van der Waals surface area contributed by atoms with Crippen molar-refractivity contribution in [2.75, 3.05) is 27.6 Å². The van der Waals surface area contributed by atoms with Crippen LogP contribution in [0.1, 0.15) is 13.8 Å². The fourth-order valence-corrected chi connectivity index (χ4v) is 2.60. The topological polar surface area (TPSA) is 62.9 Å². The minimum atomic E-state index is -2.56. The third kappa shape index (κ3) is 5.04. The van der Waals surface area contributed by atoms with E-state index in [1.54, 1.807) is 14.2 Å². The molecule has 6 heteroatoms. The Hall–Kier alpha value is 0.0169. The summed E-state index contributed by atoms with van der Waals surface area (Å²) in [6, 6.07) is 0.620. The maximum absolute atomic E-state index is 5.40. The first-order valence-corrected chi connectivity index (χ1v) is 6.59. The average molecular weight is 223 g/mol. The molecule has 0 heterocycles. The Labute approximate surface area is 86.8 Å². The molecule has 0 saturated carbocycles. The number of nitrogens with two attached hydrogens (primary N) is 1. The highest BCUT2D eigenvalue weighted by Crippen LogP contribution is 2.13. The third-order valence-corrected chi connectivity index (χ3v) is 4.45. The molecule has 14 heavy (non-hydrogen) atoms. The molecule has 2 N–H and O–H groups in total. The Balaban J connectivity index is 3.94. The molecule has 0 rings (SSSR count). The predicted octanol–water partition coefficient (Wildman–Crippen LogP) is 0.576. The van der Waals surface area contributed by atoms with Crippen LogP contribution in [0, 0.1) is 0 Å². The van der Waals surface area contributed by atoms with Gasteiger partial charge < -0.3 is 23.7 Å². The van der Waals surface area contributed by atoms with E-state index in [1.165, 1.54) is 0 Å². The standard InChI is InChI=1S/C8H21NO4Si/c1-8(2)12-5-6-14(10-3,11-4)13-7-9/h8H,5-7,9H2,1-4H3. The van der Waals surface area contributed by atoms with Crippen molar-refractivity contribution in [2.45, 2.75) is 26.0 Å². The minimum Gasteiger partial charge on any atom is -0.379 e. The van der Waals surface area contributed by atoms with Gasteiger partial charge in [0.15, 0.2) is 0 Å². The summed E-state index contributed by atoms with van der Waals surface area (Å²) in [5, 5.41) is 0. The molecule has 0 aromatic carbocycles. The third-order valence-electron chi connectivity index (χ3n) is 1.78.